The second kappa shape index (κ2) is 25.1. The molecule has 15 nitrogen and oxygen atoms in total. The van der Waals surface area contributed by atoms with Gasteiger partial charge in [0.2, 0.25) is 29.5 Å². The second-order valence-electron chi connectivity index (χ2n) is 19.7. The average Bonchev–Trinajstić information content (AvgIpc) is 3.73. The first kappa shape index (κ1) is 54.5. The summed E-state index contributed by atoms with van der Waals surface area (Å²) >= 11 is 12.9. The normalized spacial score (nSPS) is 21.9. The first-order chi connectivity index (χ1) is 35.0. The van der Waals surface area contributed by atoms with E-state index in [4.69, 9.17) is 32.7 Å². The SMILES string of the molecule is COC[C@@H]1NC(=O)[C@H](C)N(Cc2ccc(Cl)cc2Oc2ccc(-n3cnc(CN(C)C)c3C)cc2)C(=O)C[C@@H](Cc2ccccc2)C(=O)N(C)[C@H]2CCCC[C@@H]2NC(=O)C[C@H](Cc2ccc(Cl)cc2)N(C)C1=O. The lowest BCUT2D eigenvalue weighted by Crippen LogP contribution is -2.58. The number of hydrogen-bond acceptors (Lipinski definition) is 9. The molecule has 4 aromatic carbocycles. The third-order valence-corrected chi connectivity index (χ3v) is 14.6. The number of ether oxygens (including phenoxy) is 2. The van der Waals surface area contributed by atoms with Crippen LogP contribution in [0.15, 0.2) is 103 Å². The molecule has 17 heteroatoms. The zero-order valence-electron chi connectivity index (χ0n) is 42.9. The molecular formula is C56H68Cl2N8O7. The van der Waals surface area contributed by atoms with Crippen LogP contribution in [0.2, 0.25) is 10.0 Å². The standard InChI is InChI=1S/C56H68Cl2N8O7/c1-36-48(33-62(3)4)59-35-66(36)44-23-25-46(26-24-44)73-51-30-43(58)22-19-40(51)32-65-37(2)54(69)61-49(34-72-7)56(71)63(5)45(28-39-17-20-42(57)21-18-39)31-52(67)60-47-15-11-12-16-50(47)64(6)55(70)41(29-53(65)68)27-38-13-9-8-10-14-38/h8-10,13-14,17-26,30,35,37,41,45,47,49-50H,11-12,15-16,27-29,31-34H2,1-7H3,(H,60,67)(H,61,69)/t37-,41+,45-,47-,49-,50-/m0/s1. The van der Waals surface area contributed by atoms with E-state index in [1.807, 2.05) is 92.3 Å². The number of nitrogens with one attached hydrogen (secondary N) is 2. The van der Waals surface area contributed by atoms with Gasteiger partial charge in [0.25, 0.3) is 0 Å². The Morgan fingerprint density at radius 2 is 1.47 bits per heavy atom. The number of fused-ring (bicyclic) bond motifs is 1. The van der Waals surface area contributed by atoms with Crippen LogP contribution in [0, 0.1) is 12.8 Å². The van der Waals surface area contributed by atoms with E-state index in [0.29, 0.717) is 52.9 Å². The minimum atomic E-state index is -1.19. The summed E-state index contributed by atoms with van der Waals surface area (Å²) in [6.07, 6.45) is 5.08. The lowest BCUT2D eigenvalue weighted by Gasteiger charge is -2.40. The summed E-state index contributed by atoms with van der Waals surface area (Å²) in [5.41, 5.74) is 5.14. The van der Waals surface area contributed by atoms with Gasteiger partial charge in [-0.05, 0) is 113 Å². The highest BCUT2D eigenvalue weighted by Gasteiger charge is 2.39. The number of aromatic nitrogens is 2. The predicted molar refractivity (Wildman–Crippen MR) is 283 cm³/mol. The molecule has 1 aromatic heterocycles. The van der Waals surface area contributed by atoms with Crippen LogP contribution in [0.1, 0.15) is 73.5 Å². The molecule has 2 fully saturated rings. The van der Waals surface area contributed by atoms with Crippen molar-refractivity contribution in [1.29, 1.82) is 0 Å². The molecule has 1 aliphatic carbocycles. The van der Waals surface area contributed by atoms with E-state index >= 15 is 9.59 Å². The summed E-state index contributed by atoms with van der Waals surface area (Å²) in [7, 11) is 8.80. The van der Waals surface area contributed by atoms with E-state index in [1.165, 1.54) is 16.9 Å². The summed E-state index contributed by atoms with van der Waals surface area (Å²) in [6, 6.07) is 25.7. The van der Waals surface area contributed by atoms with Crippen molar-refractivity contribution in [1.82, 2.24) is 39.8 Å². The minimum absolute atomic E-state index is 0.0491. The maximum Gasteiger partial charge on any atom is 0.247 e. The Morgan fingerprint density at radius 3 is 2.16 bits per heavy atom. The molecule has 5 aromatic rings. The van der Waals surface area contributed by atoms with Crippen molar-refractivity contribution in [3.8, 4) is 17.2 Å². The number of carbonyl (C=O) groups excluding carboxylic acids is 5. The number of rotatable bonds is 13. The van der Waals surface area contributed by atoms with Crippen LogP contribution in [-0.2, 0) is 54.6 Å². The van der Waals surface area contributed by atoms with Gasteiger partial charge in [0.05, 0.1) is 37.1 Å². The molecular weight excluding hydrogens is 968 g/mol. The number of imidazole rings is 1. The maximum atomic E-state index is 15.2. The monoisotopic (exact) mass is 1030 g/mol. The van der Waals surface area contributed by atoms with Crippen molar-refractivity contribution in [2.24, 2.45) is 5.92 Å². The molecule has 1 saturated heterocycles. The first-order valence-corrected chi connectivity index (χ1v) is 25.7. The van der Waals surface area contributed by atoms with Crippen LogP contribution in [0.3, 0.4) is 0 Å². The molecule has 0 radical (unpaired) electrons. The Hall–Kier alpha value is -6.26. The van der Waals surface area contributed by atoms with E-state index in [9.17, 15) is 14.4 Å². The lowest BCUT2D eigenvalue weighted by molar-refractivity contribution is -0.147. The molecule has 2 heterocycles. The lowest BCUT2D eigenvalue weighted by atomic mass is 9.87. The van der Waals surface area contributed by atoms with Gasteiger partial charge in [-0.1, -0.05) is 84.6 Å². The van der Waals surface area contributed by atoms with E-state index in [-0.39, 0.29) is 56.3 Å². The van der Waals surface area contributed by atoms with E-state index in [0.717, 1.165) is 41.0 Å². The second-order valence-corrected chi connectivity index (χ2v) is 20.5. The smallest absolute Gasteiger partial charge is 0.247 e. The number of carbonyl (C=O) groups is 5. The van der Waals surface area contributed by atoms with Gasteiger partial charge >= 0.3 is 0 Å². The molecule has 2 aliphatic rings. The van der Waals surface area contributed by atoms with E-state index in [2.05, 4.69) is 20.5 Å². The van der Waals surface area contributed by atoms with Gasteiger partial charge in [0.15, 0.2) is 0 Å². The molecule has 0 bridgehead atoms. The van der Waals surface area contributed by atoms with E-state index in [1.54, 1.807) is 62.6 Å². The number of benzene rings is 4. The molecule has 0 spiro atoms. The van der Waals surface area contributed by atoms with Crippen molar-refractivity contribution in [3.63, 3.8) is 0 Å². The topological polar surface area (TPSA) is 159 Å². The van der Waals surface area contributed by atoms with Crippen LogP contribution < -0.4 is 15.4 Å². The Bertz CT molecular complexity index is 2700. The summed E-state index contributed by atoms with van der Waals surface area (Å²) in [5, 5.41) is 7.08. The van der Waals surface area contributed by atoms with Gasteiger partial charge < -0.3 is 44.3 Å². The largest absolute Gasteiger partial charge is 0.457 e. The fourth-order valence-electron chi connectivity index (χ4n) is 9.93. The molecule has 2 N–H and O–H groups in total. The molecule has 5 amide bonds. The van der Waals surface area contributed by atoms with Crippen molar-refractivity contribution in [2.45, 2.75) is 109 Å². The van der Waals surface area contributed by atoms with Crippen LogP contribution in [0.5, 0.6) is 11.5 Å². The zero-order valence-corrected chi connectivity index (χ0v) is 44.4. The Kier molecular flexibility index (Phi) is 18.8. The van der Waals surface area contributed by atoms with Crippen molar-refractivity contribution >= 4 is 52.7 Å². The molecule has 1 aliphatic heterocycles. The summed E-state index contributed by atoms with van der Waals surface area (Å²) in [6.45, 7) is 4.02. The summed E-state index contributed by atoms with van der Waals surface area (Å²) in [4.78, 5) is 85.1. The average molecular weight is 1040 g/mol. The highest BCUT2D eigenvalue weighted by Crippen LogP contribution is 2.33. The molecule has 6 atom stereocenters. The third-order valence-electron chi connectivity index (χ3n) is 14.1. The predicted octanol–water partition coefficient (Wildman–Crippen LogP) is 7.80. The van der Waals surface area contributed by atoms with Crippen molar-refractivity contribution in [2.75, 3.05) is 41.9 Å². The van der Waals surface area contributed by atoms with Crippen LogP contribution in [-0.4, -0.2) is 131 Å². The van der Waals surface area contributed by atoms with Gasteiger partial charge in [0.1, 0.15) is 23.6 Å². The number of methoxy groups -OCH3 is 1. The van der Waals surface area contributed by atoms with Crippen molar-refractivity contribution < 1.29 is 33.4 Å². The molecule has 388 valence electrons. The summed E-state index contributed by atoms with van der Waals surface area (Å²) < 4.78 is 14.1. The number of nitrogens with zero attached hydrogens (tertiary/aromatic N) is 6. The van der Waals surface area contributed by atoms with Gasteiger partial charge in [0, 0.05) is 79.7 Å². The molecule has 1 saturated carbocycles. The number of hydrogen-bond donors (Lipinski definition) is 2. The highest BCUT2D eigenvalue weighted by molar-refractivity contribution is 6.31. The quantitative estimate of drug-likeness (QED) is 0.120. The molecule has 0 unspecified atom stereocenters. The fourth-order valence-corrected chi connectivity index (χ4v) is 10.2. The first-order valence-electron chi connectivity index (χ1n) is 24.9. The zero-order chi connectivity index (χ0) is 52.3. The van der Waals surface area contributed by atoms with Gasteiger partial charge in [-0.2, -0.15) is 0 Å². The van der Waals surface area contributed by atoms with E-state index < -0.39 is 41.8 Å². The van der Waals surface area contributed by atoms with Crippen LogP contribution in [0.4, 0.5) is 0 Å². The molecule has 73 heavy (non-hydrogen) atoms. The van der Waals surface area contributed by atoms with Crippen LogP contribution >= 0.6 is 23.2 Å². The number of halogens is 2. The minimum Gasteiger partial charge on any atom is -0.457 e. The number of amides is 5. The Labute approximate surface area is 439 Å². The highest BCUT2D eigenvalue weighted by atomic mass is 35.5. The van der Waals surface area contributed by atoms with Gasteiger partial charge in [-0.15, -0.1) is 0 Å². The van der Waals surface area contributed by atoms with Crippen LogP contribution in [0.25, 0.3) is 5.69 Å². The number of likely N-dealkylation sites (N-methyl/N-ethyl adjacent to an activating group) is 2. The maximum absolute atomic E-state index is 15.2. The fraction of sp³-hybridized carbons (Fsp3) is 0.429. The summed E-state index contributed by atoms with van der Waals surface area (Å²) in [5.74, 6) is -2.07. The third kappa shape index (κ3) is 14.1. The Morgan fingerprint density at radius 1 is 0.781 bits per heavy atom. The van der Waals surface area contributed by atoms with Crippen molar-refractivity contribution in [3.05, 3.63) is 142 Å². The Balaban J connectivity index is 1.25. The van der Waals surface area contributed by atoms with Gasteiger partial charge in [-0.25, -0.2) is 4.98 Å². The molecule has 7 rings (SSSR count). The van der Waals surface area contributed by atoms with Gasteiger partial charge in [-0.3, -0.25) is 24.0 Å².